The lowest BCUT2D eigenvalue weighted by atomic mass is 10.1. The summed E-state index contributed by atoms with van der Waals surface area (Å²) >= 11 is 7.95. The van der Waals surface area contributed by atoms with Gasteiger partial charge in [-0.2, -0.15) is 0 Å². The maximum atomic E-state index is 12.5. The molecule has 1 heterocycles. The first kappa shape index (κ1) is 16.0. The standard InChI is InChI=1S/C16H11ClIN3O2/c17-9-1-4-11(5-2-9)21(19)16(23)13-8-20-14-6-3-10(18)7-12(14)15(13)22/h1-8H,19H2,(H,20,22). The average Bonchev–Trinajstić information content (AvgIpc) is 2.55. The second-order valence-electron chi connectivity index (χ2n) is 4.83. The van der Waals surface area contributed by atoms with Crippen LogP contribution in [0.2, 0.25) is 5.02 Å². The lowest BCUT2D eigenvalue weighted by molar-refractivity contribution is 0.0984. The molecule has 0 bridgehead atoms. The van der Waals surface area contributed by atoms with Gasteiger partial charge in [-0.15, -0.1) is 0 Å². The van der Waals surface area contributed by atoms with Crippen molar-refractivity contribution in [2.24, 2.45) is 5.84 Å². The lowest BCUT2D eigenvalue weighted by Crippen LogP contribution is -2.37. The van der Waals surface area contributed by atoms with Gasteiger partial charge in [0, 0.05) is 20.2 Å². The molecule has 3 rings (SSSR count). The van der Waals surface area contributed by atoms with E-state index in [0.29, 0.717) is 21.6 Å². The number of aromatic hydroxyl groups is 1. The number of amides is 1. The molecule has 0 spiro atoms. The Morgan fingerprint density at radius 2 is 1.91 bits per heavy atom. The number of nitrogens with two attached hydrogens (primary N) is 1. The Morgan fingerprint density at radius 1 is 1.22 bits per heavy atom. The number of carbonyl (C=O) groups is 1. The number of carbonyl (C=O) groups excluding carboxylic acids is 1. The summed E-state index contributed by atoms with van der Waals surface area (Å²) in [5.74, 6) is 5.17. The second-order valence-corrected chi connectivity index (χ2v) is 6.52. The number of rotatable bonds is 2. The molecule has 0 fully saturated rings. The van der Waals surface area contributed by atoms with E-state index in [-0.39, 0.29) is 11.3 Å². The van der Waals surface area contributed by atoms with E-state index in [1.165, 1.54) is 6.20 Å². The molecule has 0 saturated carbocycles. The number of pyridine rings is 1. The minimum absolute atomic E-state index is 0.0388. The normalized spacial score (nSPS) is 10.7. The Hall–Kier alpha value is -1.90. The first-order valence-electron chi connectivity index (χ1n) is 6.59. The van der Waals surface area contributed by atoms with Gasteiger partial charge in [-0.25, -0.2) is 10.9 Å². The zero-order valence-corrected chi connectivity index (χ0v) is 14.6. The van der Waals surface area contributed by atoms with Crippen LogP contribution in [0.1, 0.15) is 10.4 Å². The van der Waals surface area contributed by atoms with Crippen LogP contribution in [-0.4, -0.2) is 16.0 Å². The van der Waals surface area contributed by atoms with E-state index in [2.05, 4.69) is 27.6 Å². The number of hydrogen-bond acceptors (Lipinski definition) is 4. The van der Waals surface area contributed by atoms with E-state index in [1.54, 1.807) is 36.4 Å². The number of fused-ring (bicyclic) bond motifs is 1. The molecule has 0 radical (unpaired) electrons. The van der Waals surface area contributed by atoms with Gasteiger partial charge in [0.25, 0.3) is 5.91 Å². The SMILES string of the molecule is NN(C(=O)c1cnc2ccc(I)cc2c1O)c1ccc(Cl)cc1. The van der Waals surface area contributed by atoms with Crippen LogP contribution in [0.15, 0.2) is 48.7 Å². The van der Waals surface area contributed by atoms with Gasteiger partial charge in [-0.3, -0.25) is 9.78 Å². The fraction of sp³-hybridized carbons (Fsp3) is 0. The van der Waals surface area contributed by atoms with Gasteiger partial charge in [-0.1, -0.05) is 11.6 Å². The summed E-state index contributed by atoms with van der Waals surface area (Å²) < 4.78 is 0.930. The monoisotopic (exact) mass is 439 g/mol. The van der Waals surface area contributed by atoms with Gasteiger partial charge in [0.15, 0.2) is 0 Å². The minimum atomic E-state index is -0.557. The quantitative estimate of drug-likeness (QED) is 0.276. The molecule has 0 aliphatic heterocycles. The molecule has 7 heteroatoms. The van der Waals surface area contributed by atoms with Crippen molar-refractivity contribution < 1.29 is 9.90 Å². The third-order valence-corrected chi connectivity index (χ3v) is 4.28. The maximum Gasteiger partial charge on any atom is 0.277 e. The molecular formula is C16H11ClIN3O2. The van der Waals surface area contributed by atoms with Crippen LogP contribution in [0.4, 0.5) is 5.69 Å². The number of hydrogen-bond donors (Lipinski definition) is 2. The van der Waals surface area contributed by atoms with E-state index < -0.39 is 5.91 Å². The lowest BCUT2D eigenvalue weighted by Gasteiger charge is -2.17. The highest BCUT2D eigenvalue weighted by molar-refractivity contribution is 14.1. The smallest absolute Gasteiger partial charge is 0.277 e. The fourth-order valence-corrected chi connectivity index (χ4v) is 2.77. The van der Waals surface area contributed by atoms with Gasteiger partial charge >= 0.3 is 0 Å². The fourth-order valence-electron chi connectivity index (χ4n) is 2.16. The molecule has 0 aliphatic rings. The number of benzene rings is 2. The molecule has 1 amide bonds. The predicted octanol–water partition coefficient (Wildman–Crippen LogP) is 3.72. The molecule has 116 valence electrons. The van der Waals surface area contributed by atoms with Crippen LogP contribution in [0, 0.1) is 3.57 Å². The molecule has 1 aromatic heterocycles. The van der Waals surface area contributed by atoms with Crippen LogP contribution >= 0.6 is 34.2 Å². The number of halogens is 2. The van der Waals surface area contributed by atoms with Crippen LogP contribution in [0.25, 0.3) is 10.9 Å². The third kappa shape index (κ3) is 3.10. The number of anilines is 1. The molecular weight excluding hydrogens is 429 g/mol. The summed E-state index contributed by atoms with van der Waals surface area (Å²) in [5.41, 5.74) is 1.10. The Bertz CT molecular complexity index is 900. The zero-order chi connectivity index (χ0) is 16.6. The highest BCUT2D eigenvalue weighted by Gasteiger charge is 2.20. The molecule has 3 aromatic rings. The van der Waals surface area contributed by atoms with E-state index in [4.69, 9.17) is 17.4 Å². The average molecular weight is 440 g/mol. The Kier molecular flexibility index (Phi) is 4.38. The minimum Gasteiger partial charge on any atom is -0.506 e. The largest absolute Gasteiger partial charge is 0.506 e. The highest BCUT2D eigenvalue weighted by atomic mass is 127. The molecule has 5 nitrogen and oxygen atoms in total. The van der Waals surface area contributed by atoms with Crippen molar-refractivity contribution in [2.75, 3.05) is 5.01 Å². The summed E-state index contributed by atoms with van der Waals surface area (Å²) in [4.78, 5) is 16.8. The van der Waals surface area contributed by atoms with E-state index in [1.807, 2.05) is 6.07 Å². The third-order valence-electron chi connectivity index (χ3n) is 3.36. The summed E-state index contributed by atoms with van der Waals surface area (Å²) in [6.45, 7) is 0. The Balaban J connectivity index is 2.03. The number of aromatic nitrogens is 1. The van der Waals surface area contributed by atoms with Gasteiger partial charge in [0.2, 0.25) is 0 Å². The zero-order valence-electron chi connectivity index (χ0n) is 11.7. The van der Waals surface area contributed by atoms with Crippen molar-refractivity contribution in [3.05, 3.63) is 62.8 Å². The molecule has 0 saturated heterocycles. The number of nitrogens with zero attached hydrogens (tertiary/aromatic N) is 2. The topological polar surface area (TPSA) is 79.5 Å². The number of hydrazine groups is 1. The molecule has 3 N–H and O–H groups in total. The van der Waals surface area contributed by atoms with Crippen LogP contribution in [0.5, 0.6) is 5.75 Å². The van der Waals surface area contributed by atoms with Crippen molar-refractivity contribution in [1.82, 2.24) is 4.98 Å². The van der Waals surface area contributed by atoms with Crippen molar-refractivity contribution in [1.29, 1.82) is 0 Å². The summed E-state index contributed by atoms with van der Waals surface area (Å²) in [6, 6.07) is 11.9. The summed E-state index contributed by atoms with van der Waals surface area (Å²) in [6.07, 6.45) is 1.32. The van der Waals surface area contributed by atoms with Gasteiger partial charge in [0.05, 0.1) is 11.2 Å². The van der Waals surface area contributed by atoms with Gasteiger partial charge < -0.3 is 5.11 Å². The molecule has 23 heavy (non-hydrogen) atoms. The first-order valence-corrected chi connectivity index (χ1v) is 8.05. The summed E-state index contributed by atoms with van der Waals surface area (Å²) in [5, 5.41) is 12.4. The summed E-state index contributed by atoms with van der Waals surface area (Å²) in [7, 11) is 0. The molecule has 0 unspecified atom stereocenters. The first-order chi connectivity index (χ1) is 11.0. The van der Waals surface area contributed by atoms with Gasteiger partial charge in [-0.05, 0) is 65.1 Å². The van der Waals surface area contributed by atoms with Crippen molar-refractivity contribution in [3.8, 4) is 5.75 Å². The van der Waals surface area contributed by atoms with Crippen LogP contribution in [0.3, 0.4) is 0 Å². The van der Waals surface area contributed by atoms with Crippen LogP contribution in [-0.2, 0) is 0 Å². The highest BCUT2D eigenvalue weighted by Crippen LogP contribution is 2.29. The Morgan fingerprint density at radius 3 is 2.61 bits per heavy atom. The van der Waals surface area contributed by atoms with Crippen molar-refractivity contribution in [3.63, 3.8) is 0 Å². The molecule has 0 atom stereocenters. The maximum absolute atomic E-state index is 12.5. The van der Waals surface area contributed by atoms with Crippen molar-refractivity contribution in [2.45, 2.75) is 0 Å². The van der Waals surface area contributed by atoms with Crippen LogP contribution < -0.4 is 10.9 Å². The second kappa shape index (κ2) is 6.31. The van der Waals surface area contributed by atoms with Crippen molar-refractivity contribution >= 4 is 56.7 Å². The van der Waals surface area contributed by atoms with E-state index in [9.17, 15) is 9.90 Å². The molecule has 0 aliphatic carbocycles. The predicted molar refractivity (Wildman–Crippen MR) is 98.6 cm³/mol. The van der Waals surface area contributed by atoms with E-state index >= 15 is 0 Å². The van der Waals surface area contributed by atoms with E-state index in [0.717, 1.165) is 8.58 Å². The molecule has 2 aromatic carbocycles. The van der Waals surface area contributed by atoms with Gasteiger partial charge in [0.1, 0.15) is 11.3 Å². The Labute approximate surface area is 150 Å².